The van der Waals surface area contributed by atoms with E-state index in [1.54, 1.807) is 6.92 Å². The van der Waals surface area contributed by atoms with Crippen molar-refractivity contribution in [2.45, 2.75) is 12.7 Å². The number of nitrogens with zero attached hydrogens (tertiary/aromatic N) is 1. The maximum absolute atomic E-state index is 13.0. The number of halogens is 1. The van der Waals surface area contributed by atoms with Crippen LogP contribution in [0.1, 0.15) is 11.1 Å². The van der Waals surface area contributed by atoms with E-state index in [-0.39, 0.29) is 12.3 Å². The monoisotopic (exact) mass is 301 g/mol. The van der Waals surface area contributed by atoms with Gasteiger partial charge in [0.15, 0.2) is 0 Å². The predicted molar refractivity (Wildman–Crippen MR) is 73.2 cm³/mol. The zero-order chi connectivity index (χ0) is 15.3. The Morgan fingerprint density at radius 2 is 2.15 bits per heavy atom. The largest absolute Gasteiger partial charge is 0.480 e. The van der Waals surface area contributed by atoms with Crippen LogP contribution < -0.4 is 0 Å². The van der Waals surface area contributed by atoms with E-state index in [0.717, 1.165) is 4.31 Å². The van der Waals surface area contributed by atoms with Crippen molar-refractivity contribution in [2.24, 2.45) is 0 Å². The summed E-state index contributed by atoms with van der Waals surface area (Å²) in [7, 11) is -3.81. The number of sulfonamides is 1. The van der Waals surface area contributed by atoms with E-state index in [1.807, 2.05) is 0 Å². The number of benzene rings is 1. The molecule has 0 bridgehead atoms. The van der Waals surface area contributed by atoms with E-state index in [2.05, 4.69) is 6.58 Å². The highest BCUT2D eigenvalue weighted by molar-refractivity contribution is 7.88. The first-order valence-corrected chi connectivity index (χ1v) is 7.42. The molecule has 0 aliphatic rings. The second kappa shape index (κ2) is 6.62. The molecule has 0 unspecified atom stereocenters. The molecule has 7 heteroatoms. The van der Waals surface area contributed by atoms with Crippen LogP contribution in [0.3, 0.4) is 0 Å². The molecule has 0 radical (unpaired) electrons. The molecule has 0 saturated heterocycles. The van der Waals surface area contributed by atoms with Crippen LogP contribution in [-0.2, 0) is 20.6 Å². The molecule has 0 aliphatic carbocycles. The lowest BCUT2D eigenvalue weighted by atomic mass is 10.1. The van der Waals surface area contributed by atoms with Gasteiger partial charge in [0.25, 0.3) is 0 Å². The van der Waals surface area contributed by atoms with E-state index in [4.69, 9.17) is 5.11 Å². The standard InChI is InChI=1S/C13H16FNO4S/c1-3-6-15(8-13(16)17)20(18,19)9-11-4-5-12(14)7-10(11)2/h3-5,7H,1,6,8-9H2,2H3,(H,16,17). The molecule has 0 aromatic heterocycles. The van der Waals surface area contributed by atoms with Crippen LogP contribution in [-0.4, -0.2) is 36.9 Å². The van der Waals surface area contributed by atoms with Gasteiger partial charge in [-0.05, 0) is 30.2 Å². The average molecular weight is 301 g/mol. The van der Waals surface area contributed by atoms with Crippen LogP contribution in [0.2, 0.25) is 0 Å². The molecule has 0 atom stereocenters. The van der Waals surface area contributed by atoms with Crippen molar-refractivity contribution in [3.63, 3.8) is 0 Å². The first-order valence-electron chi connectivity index (χ1n) is 5.82. The van der Waals surface area contributed by atoms with Gasteiger partial charge in [0.05, 0.1) is 5.75 Å². The van der Waals surface area contributed by atoms with Gasteiger partial charge in [0.2, 0.25) is 10.0 Å². The van der Waals surface area contributed by atoms with Gasteiger partial charge >= 0.3 is 5.97 Å². The van der Waals surface area contributed by atoms with Gasteiger partial charge in [-0.25, -0.2) is 12.8 Å². The molecule has 1 aromatic carbocycles. The Kier molecular flexibility index (Phi) is 5.41. The summed E-state index contributed by atoms with van der Waals surface area (Å²) in [5.41, 5.74) is 0.938. The van der Waals surface area contributed by atoms with Crippen LogP contribution in [0.15, 0.2) is 30.9 Å². The Labute approximate surface area is 117 Å². The molecular formula is C13H16FNO4S. The maximum Gasteiger partial charge on any atom is 0.318 e. The minimum absolute atomic E-state index is 0.0884. The summed E-state index contributed by atoms with van der Waals surface area (Å²) in [5.74, 6) is -2.07. The lowest BCUT2D eigenvalue weighted by Crippen LogP contribution is -2.36. The van der Waals surface area contributed by atoms with Gasteiger partial charge in [-0.1, -0.05) is 12.1 Å². The molecular weight excluding hydrogens is 285 g/mol. The number of hydrogen-bond acceptors (Lipinski definition) is 3. The second-order valence-electron chi connectivity index (χ2n) is 4.30. The molecule has 0 saturated carbocycles. The van der Waals surface area contributed by atoms with Gasteiger partial charge < -0.3 is 5.11 Å². The number of carbonyl (C=O) groups is 1. The van der Waals surface area contributed by atoms with Crippen molar-refractivity contribution >= 4 is 16.0 Å². The van der Waals surface area contributed by atoms with Crippen molar-refractivity contribution < 1.29 is 22.7 Å². The van der Waals surface area contributed by atoms with Gasteiger partial charge in [-0.2, -0.15) is 4.31 Å². The molecule has 0 heterocycles. The topological polar surface area (TPSA) is 74.7 Å². The number of hydrogen-bond donors (Lipinski definition) is 1. The Bertz CT molecular complexity index is 613. The highest BCUT2D eigenvalue weighted by Crippen LogP contribution is 2.16. The van der Waals surface area contributed by atoms with Crippen LogP contribution in [0, 0.1) is 12.7 Å². The molecule has 1 N–H and O–H groups in total. The average Bonchev–Trinajstić information content (AvgIpc) is 2.32. The molecule has 20 heavy (non-hydrogen) atoms. The molecule has 0 amide bonds. The van der Waals surface area contributed by atoms with Gasteiger partial charge in [-0.15, -0.1) is 6.58 Å². The third-order valence-corrected chi connectivity index (χ3v) is 4.42. The summed E-state index contributed by atoms with van der Waals surface area (Å²) in [6.45, 7) is 4.29. The summed E-state index contributed by atoms with van der Waals surface area (Å²) in [6, 6.07) is 3.79. The molecule has 5 nitrogen and oxygen atoms in total. The van der Waals surface area contributed by atoms with E-state index in [0.29, 0.717) is 11.1 Å². The fourth-order valence-corrected chi connectivity index (χ4v) is 3.22. The van der Waals surface area contributed by atoms with Crippen molar-refractivity contribution in [2.75, 3.05) is 13.1 Å². The van der Waals surface area contributed by atoms with Crippen LogP contribution in [0.25, 0.3) is 0 Å². The summed E-state index contributed by atoms with van der Waals surface area (Å²) >= 11 is 0. The van der Waals surface area contributed by atoms with Crippen LogP contribution in [0.5, 0.6) is 0 Å². The Morgan fingerprint density at radius 1 is 1.50 bits per heavy atom. The van der Waals surface area contributed by atoms with Crippen molar-refractivity contribution in [3.05, 3.63) is 47.8 Å². The minimum atomic E-state index is -3.81. The van der Waals surface area contributed by atoms with Crippen molar-refractivity contribution in [1.29, 1.82) is 0 Å². The number of carboxylic acid groups (broad SMARTS) is 1. The lowest BCUT2D eigenvalue weighted by Gasteiger charge is -2.19. The summed E-state index contributed by atoms with van der Waals surface area (Å²) in [6.07, 6.45) is 1.32. The van der Waals surface area contributed by atoms with Crippen molar-refractivity contribution in [1.82, 2.24) is 4.31 Å². The summed E-state index contributed by atoms with van der Waals surface area (Å²) < 4.78 is 38.2. The number of aryl methyl sites for hydroxylation is 1. The molecule has 1 rings (SSSR count). The quantitative estimate of drug-likeness (QED) is 0.775. The summed E-state index contributed by atoms with van der Waals surface area (Å²) in [4.78, 5) is 10.7. The van der Waals surface area contributed by atoms with Gasteiger partial charge in [0, 0.05) is 6.54 Å². The molecule has 0 aliphatic heterocycles. The molecule has 0 spiro atoms. The van der Waals surface area contributed by atoms with Gasteiger partial charge in [-0.3, -0.25) is 4.79 Å². The highest BCUT2D eigenvalue weighted by Gasteiger charge is 2.24. The van der Waals surface area contributed by atoms with Gasteiger partial charge in [0.1, 0.15) is 12.4 Å². The number of aliphatic carboxylic acids is 1. The third kappa shape index (κ3) is 4.43. The molecule has 1 aromatic rings. The van der Waals surface area contributed by atoms with E-state index in [9.17, 15) is 17.6 Å². The first kappa shape index (κ1) is 16.3. The Balaban J connectivity index is 3.01. The smallest absolute Gasteiger partial charge is 0.318 e. The Hall–Kier alpha value is -1.73. The molecule has 0 fully saturated rings. The molecule has 110 valence electrons. The zero-order valence-electron chi connectivity index (χ0n) is 11.0. The van der Waals surface area contributed by atoms with Crippen LogP contribution >= 0.6 is 0 Å². The maximum atomic E-state index is 13.0. The second-order valence-corrected chi connectivity index (χ2v) is 6.27. The number of rotatable bonds is 7. The fraction of sp³-hybridized carbons (Fsp3) is 0.308. The zero-order valence-corrected chi connectivity index (χ0v) is 11.9. The van der Waals surface area contributed by atoms with E-state index < -0.39 is 28.4 Å². The first-order chi connectivity index (χ1) is 9.26. The fourth-order valence-electron chi connectivity index (χ4n) is 1.68. The SMILES string of the molecule is C=CCN(CC(=O)O)S(=O)(=O)Cc1ccc(F)cc1C. The van der Waals surface area contributed by atoms with Crippen molar-refractivity contribution in [3.8, 4) is 0 Å². The van der Waals surface area contributed by atoms with E-state index >= 15 is 0 Å². The predicted octanol–water partition coefficient (Wildman–Crippen LogP) is 1.54. The normalized spacial score (nSPS) is 11.6. The van der Waals surface area contributed by atoms with Crippen LogP contribution in [0.4, 0.5) is 4.39 Å². The highest BCUT2D eigenvalue weighted by atomic mass is 32.2. The van der Waals surface area contributed by atoms with E-state index in [1.165, 1.54) is 24.3 Å². The third-order valence-electron chi connectivity index (χ3n) is 2.68. The lowest BCUT2D eigenvalue weighted by molar-refractivity contribution is -0.137. The minimum Gasteiger partial charge on any atom is -0.480 e. The summed E-state index contributed by atoms with van der Waals surface area (Å²) in [5, 5.41) is 8.74. The Morgan fingerprint density at radius 3 is 2.65 bits per heavy atom. The number of carboxylic acids is 1.